The molecule has 0 bridgehead atoms. The number of hydrogen-bond donors (Lipinski definition) is 1. The molecule has 0 saturated heterocycles. The molecule has 3 nitrogen and oxygen atoms in total. The van der Waals surface area contributed by atoms with Crippen LogP contribution >= 0.6 is 11.6 Å². The highest BCUT2D eigenvalue weighted by Crippen LogP contribution is 2.31. The minimum atomic E-state index is -0.296. The van der Waals surface area contributed by atoms with Crippen molar-refractivity contribution in [1.82, 2.24) is 0 Å². The zero-order valence-electron chi connectivity index (χ0n) is 12.3. The molecule has 0 fully saturated rings. The number of ether oxygens (including phenoxy) is 2. The van der Waals surface area contributed by atoms with Gasteiger partial charge in [-0.1, -0.05) is 42.8 Å². The number of hydrogen-bond acceptors (Lipinski definition) is 3. The van der Waals surface area contributed by atoms with Crippen LogP contribution in [-0.4, -0.2) is 13.2 Å². The van der Waals surface area contributed by atoms with Gasteiger partial charge in [0.15, 0.2) is 0 Å². The Labute approximate surface area is 130 Å². The summed E-state index contributed by atoms with van der Waals surface area (Å²) in [4.78, 5) is 0. The summed E-state index contributed by atoms with van der Waals surface area (Å²) in [5.41, 5.74) is 7.12. The van der Waals surface area contributed by atoms with Gasteiger partial charge in [0.1, 0.15) is 17.6 Å². The van der Waals surface area contributed by atoms with E-state index < -0.39 is 0 Å². The third kappa shape index (κ3) is 3.90. The van der Waals surface area contributed by atoms with Crippen molar-refractivity contribution in [2.24, 2.45) is 5.73 Å². The van der Waals surface area contributed by atoms with Gasteiger partial charge >= 0.3 is 0 Å². The van der Waals surface area contributed by atoms with E-state index in [0.29, 0.717) is 10.8 Å². The van der Waals surface area contributed by atoms with Crippen LogP contribution in [0.5, 0.6) is 11.5 Å². The van der Waals surface area contributed by atoms with Crippen LogP contribution in [0.15, 0.2) is 48.5 Å². The minimum Gasteiger partial charge on any atom is -0.497 e. The molecule has 0 aliphatic heterocycles. The quantitative estimate of drug-likeness (QED) is 0.869. The minimum absolute atomic E-state index is 0.142. The van der Waals surface area contributed by atoms with Gasteiger partial charge in [-0.3, -0.25) is 0 Å². The van der Waals surface area contributed by atoms with Gasteiger partial charge in [-0.25, -0.2) is 0 Å². The Kier molecular flexibility index (Phi) is 5.48. The Bertz CT molecular complexity index is 589. The van der Waals surface area contributed by atoms with Crippen LogP contribution in [0, 0.1) is 0 Å². The van der Waals surface area contributed by atoms with Gasteiger partial charge in [-0.05, 0) is 24.6 Å². The molecular formula is C17H20ClNO2. The van der Waals surface area contributed by atoms with E-state index in [9.17, 15) is 0 Å². The Hall–Kier alpha value is -1.71. The van der Waals surface area contributed by atoms with Gasteiger partial charge in [0.25, 0.3) is 0 Å². The lowest BCUT2D eigenvalue weighted by Crippen LogP contribution is -2.31. The number of nitrogens with two attached hydrogens (primary N) is 1. The van der Waals surface area contributed by atoms with Gasteiger partial charge in [0, 0.05) is 22.7 Å². The van der Waals surface area contributed by atoms with Gasteiger partial charge in [0.2, 0.25) is 0 Å². The van der Waals surface area contributed by atoms with Crippen LogP contribution in [0.1, 0.15) is 25.0 Å². The fraction of sp³-hybridized carbons (Fsp3) is 0.294. The predicted octanol–water partition coefficient (Wildman–Crippen LogP) is 4.21. The van der Waals surface area contributed by atoms with Crippen molar-refractivity contribution < 1.29 is 9.47 Å². The summed E-state index contributed by atoms with van der Waals surface area (Å²) in [6.45, 7) is 2.03. The zero-order valence-corrected chi connectivity index (χ0v) is 13.0. The second-order valence-electron chi connectivity index (χ2n) is 4.81. The molecule has 0 heterocycles. The molecule has 21 heavy (non-hydrogen) atoms. The van der Waals surface area contributed by atoms with Crippen LogP contribution in [0.25, 0.3) is 0 Å². The summed E-state index contributed by atoms with van der Waals surface area (Å²) in [6, 6.07) is 15.0. The van der Waals surface area contributed by atoms with E-state index in [1.54, 1.807) is 7.11 Å². The topological polar surface area (TPSA) is 44.5 Å². The number of benzene rings is 2. The molecule has 2 aromatic carbocycles. The number of halogens is 1. The van der Waals surface area contributed by atoms with E-state index in [0.717, 1.165) is 17.7 Å². The molecule has 2 atom stereocenters. The van der Waals surface area contributed by atoms with E-state index in [1.165, 1.54) is 0 Å². The average Bonchev–Trinajstić information content (AvgIpc) is 2.53. The highest BCUT2D eigenvalue weighted by molar-refractivity contribution is 6.31. The molecule has 0 aliphatic carbocycles. The van der Waals surface area contributed by atoms with Gasteiger partial charge < -0.3 is 15.2 Å². The third-order valence-corrected chi connectivity index (χ3v) is 3.72. The Morgan fingerprint density at radius 2 is 1.81 bits per heavy atom. The summed E-state index contributed by atoms with van der Waals surface area (Å²) in [5.74, 6) is 1.46. The summed E-state index contributed by atoms with van der Waals surface area (Å²) < 4.78 is 11.3. The summed E-state index contributed by atoms with van der Waals surface area (Å²) >= 11 is 6.28. The van der Waals surface area contributed by atoms with Crippen LogP contribution in [-0.2, 0) is 0 Å². The highest BCUT2D eigenvalue weighted by atomic mass is 35.5. The number of methoxy groups -OCH3 is 1. The highest BCUT2D eigenvalue weighted by Gasteiger charge is 2.22. The fourth-order valence-corrected chi connectivity index (χ4v) is 2.37. The predicted molar refractivity (Wildman–Crippen MR) is 86.1 cm³/mol. The maximum atomic E-state index is 6.28. The largest absolute Gasteiger partial charge is 0.497 e. The maximum absolute atomic E-state index is 6.28. The summed E-state index contributed by atoms with van der Waals surface area (Å²) in [7, 11) is 1.63. The standard InChI is InChI=1S/C17H20ClNO2/c1-3-16(19)17(14-9-4-5-10-15(14)18)21-13-8-6-7-12(11-13)20-2/h4-11,16-17H,3,19H2,1-2H3. The van der Waals surface area contributed by atoms with Crippen molar-refractivity contribution in [1.29, 1.82) is 0 Å². The molecule has 4 heteroatoms. The second kappa shape index (κ2) is 7.34. The zero-order chi connectivity index (χ0) is 15.2. The lowest BCUT2D eigenvalue weighted by Gasteiger charge is -2.25. The van der Waals surface area contributed by atoms with E-state index in [4.69, 9.17) is 26.8 Å². The van der Waals surface area contributed by atoms with Crippen molar-refractivity contribution in [3.8, 4) is 11.5 Å². The van der Waals surface area contributed by atoms with E-state index in [-0.39, 0.29) is 12.1 Å². The summed E-state index contributed by atoms with van der Waals surface area (Å²) in [6.07, 6.45) is 0.496. The molecule has 0 radical (unpaired) electrons. The SMILES string of the molecule is CCC(N)C(Oc1cccc(OC)c1)c1ccccc1Cl. The van der Waals surface area contributed by atoms with E-state index in [2.05, 4.69) is 0 Å². The summed E-state index contributed by atoms with van der Waals surface area (Å²) in [5, 5.41) is 0.661. The van der Waals surface area contributed by atoms with Crippen LogP contribution in [0.3, 0.4) is 0 Å². The van der Waals surface area contributed by atoms with Gasteiger partial charge in [0.05, 0.1) is 7.11 Å². The lowest BCUT2D eigenvalue weighted by molar-refractivity contribution is 0.170. The van der Waals surface area contributed by atoms with E-state index in [1.807, 2.05) is 55.5 Å². The first kappa shape index (κ1) is 15.7. The van der Waals surface area contributed by atoms with Crippen LogP contribution < -0.4 is 15.2 Å². The molecule has 0 amide bonds. The first-order valence-electron chi connectivity index (χ1n) is 6.96. The Morgan fingerprint density at radius 3 is 2.48 bits per heavy atom. The maximum Gasteiger partial charge on any atom is 0.140 e. The fourth-order valence-electron chi connectivity index (χ4n) is 2.12. The molecule has 2 rings (SSSR count). The van der Waals surface area contributed by atoms with E-state index >= 15 is 0 Å². The monoisotopic (exact) mass is 305 g/mol. The molecular weight excluding hydrogens is 286 g/mol. The Morgan fingerprint density at radius 1 is 1.10 bits per heavy atom. The van der Waals surface area contributed by atoms with Crippen molar-refractivity contribution in [2.75, 3.05) is 7.11 Å². The first-order valence-corrected chi connectivity index (χ1v) is 7.34. The molecule has 2 unspecified atom stereocenters. The first-order chi connectivity index (χ1) is 10.2. The molecule has 0 saturated carbocycles. The molecule has 0 aliphatic rings. The molecule has 112 valence electrons. The van der Waals surface area contributed by atoms with Crippen LogP contribution in [0.4, 0.5) is 0 Å². The second-order valence-corrected chi connectivity index (χ2v) is 5.22. The molecule has 0 aromatic heterocycles. The van der Waals surface area contributed by atoms with Gasteiger partial charge in [-0.15, -0.1) is 0 Å². The van der Waals surface area contributed by atoms with Crippen molar-refractivity contribution in [3.63, 3.8) is 0 Å². The lowest BCUT2D eigenvalue weighted by atomic mass is 10.0. The van der Waals surface area contributed by atoms with Crippen LogP contribution in [0.2, 0.25) is 5.02 Å². The van der Waals surface area contributed by atoms with Gasteiger partial charge in [-0.2, -0.15) is 0 Å². The normalized spacial score (nSPS) is 13.5. The molecule has 2 aromatic rings. The molecule has 0 spiro atoms. The van der Waals surface area contributed by atoms with Crippen molar-refractivity contribution in [3.05, 3.63) is 59.1 Å². The third-order valence-electron chi connectivity index (χ3n) is 3.38. The molecule has 2 N–H and O–H groups in total. The smallest absolute Gasteiger partial charge is 0.140 e. The number of rotatable bonds is 6. The van der Waals surface area contributed by atoms with Crippen molar-refractivity contribution in [2.45, 2.75) is 25.5 Å². The average molecular weight is 306 g/mol. The Balaban J connectivity index is 2.31. The van der Waals surface area contributed by atoms with Crippen molar-refractivity contribution >= 4 is 11.6 Å².